The average Bonchev–Trinajstić information content (AvgIpc) is 2.36. The summed E-state index contributed by atoms with van der Waals surface area (Å²) in [6, 6.07) is 3.75. The molecule has 18 heavy (non-hydrogen) atoms. The zero-order valence-corrected chi connectivity index (χ0v) is 11.2. The van der Waals surface area contributed by atoms with E-state index in [1.54, 1.807) is 0 Å². The predicted octanol–water partition coefficient (Wildman–Crippen LogP) is 2.44. The second-order valence-corrected chi connectivity index (χ2v) is 4.26. The summed E-state index contributed by atoms with van der Waals surface area (Å²) < 4.78 is 26.0. The molecule has 4 heteroatoms. The van der Waals surface area contributed by atoms with E-state index >= 15 is 0 Å². The molecule has 0 bridgehead atoms. The first kappa shape index (κ1) is 15.1. The van der Waals surface area contributed by atoms with Crippen LogP contribution in [0.25, 0.3) is 0 Å². The Hall–Kier alpha value is -1.00. The van der Waals surface area contributed by atoms with E-state index in [0.717, 1.165) is 32.2 Å². The van der Waals surface area contributed by atoms with Gasteiger partial charge in [-0.15, -0.1) is 0 Å². The lowest BCUT2D eigenvalue weighted by atomic mass is 10.1. The van der Waals surface area contributed by atoms with Gasteiger partial charge in [0.25, 0.3) is 0 Å². The smallest absolute Gasteiger partial charge is 0.129 e. The third kappa shape index (κ3) is 5.10. The maximum Gasteiger partial charge on any atom is 0.129 e. The van der Waals surface area contributed by atoms with Gasteiger partial charge in [0.05, 0.1) is 0 Å². The highest BCUT2D eigenvalue weighted by Crippen LogP contribution is 2.09. The highest BCUT2D eigenvalue weighted by Gasteiger charge is 2.03. The lowest BCUT2D eigenvalue weighted by Crippen LogP contribution is -2.32. The van der Waals surface area contributed by atoms with Gasteiger partial charge in [0.2, 0.25) is 0 Å². The van der Waals surface area contributed by atoms with E-state index in [-0.39, 0.29) is 0 Å². The van der Waals surface area contributed by atoms with Gasteiger partial charge in [-0.3, -0.25) is 0 Å². The molecule has 0 heterocycles. The molecule has 0 atom stereocenters. The third-order valence-corrected chi connectivity index (χ3v) is 3.09. The highest BCUT2D eigenvalue weighted by atomic mass is 19.1. The summed E-state index contributed by atoms with van der Waals surface area (Å²) in [6.07, 6.45) is 0.588. The van der Waals surface area contributed by atoms with E-state index in [9.17, 15) is 8.78 Å². The van der Waals surface area contributed by atoms with E-state index < -0.39 is 11.6 Å². The van der Waals surface area contributed by atoms with Gasteiger partial charge in [-0.2, -0.15) is 0 Å². The molecule has 1 rings (SSSR count). The lowest BCUT2D eigenvalue weighted by molar-refractivity contribution is 0.303. The van der Waals surface area contributed by atoms with Gasteiger partial charge in [-0.25, -0.2) is 8.78 Å². The normalized spacial score (nSPS) is 11.2. The summed E-state index contributed by atoms with van der Waals surface area (Å²) in [5.41, 5.74) is 0.562. The van der Waals surface area contributed by atoms with Crippen LogP contribution in [-0.2, 0) is 6.42 Å². The van der Waals surface area contributed by atoms with Gasteiger partial charge >= 0.3 is 0 Å². The molecule has 0 saturated heterocycles. The summed E-state index contributed by atoms with van der Waals surface area (Å²) in [7, 11) is 0. The number of nitrogens with one attached hydrogen (secondary N) is 1. The summed E-state index contributed by atoms with van der Waals surface area (Å²) >= 11 is 0. The summed E-state index contributed by atoms with van der Waals surface area (Å²) in [5.74, 6) is -0.980. The van der Waals surface area contributed by atoms with Crippen LogP contribution in [0.1, 0.15) is 19.4 Å². The Labute approximate surface area is 108 Å². The Morgan fingerprint density at radius 1 is 1.11 bits per heavy atom. The standard InChI is InChI=1S/C14H22F2N2/c1-3-18(4-2)10-9-17-8-7-12-5-6-13(15)11-14(12)16/h5-6,11,17H,3-4,7-10H2,1-2H3. The second kappa shape index (κ2) is 8.16. The topological polar surface area (TPSA) is 15.3 Å². The molecule has 0 radical (unpaired) electrons. The van der Waals surface area contributed by atoms with Crippen molar-refractivity contribution < 1.29 is 8.78 Å². The monoisotopic (exact) mass is 256 g/mol. The summed E-state index contributed by atoms with van der Waals surface area (Å²) in [5, 5.41) is 3.27. The van der Waals surface area contributed by atoms with Crippen LogP contribution in [0, 0.1) is 11.6 Å². The van der Waals surface area contributed by atoms with Crippen LogP contribution >= 0.6 is 0 Å². The van der Waals surface area contributed by atoms with Crippen molar-refractivity contribution in [3.05, 3.63) is 35.4 Å². The van der Waals surface area contributed by atoms with Crippen molar-refractivity contribution >= 4 is 0 Å². The number of hydrogen-bond acceptors (Lipinski definition) is 2. The molecule has 0 aromatic heterocycles. The van der Waals surface area contributed by atoms with E-state index in [1.807, 2.05) is 0 Å². The SMILES string of the molecule is CCN(CC)CCNCCc1ccc(F)cc1F. The minimum atomic E-state index is -0.522. The van der Waals surface area contributed by atoms with Gasteiger partial charge in [-0.1, -0.05) is 19.9 Å². The molecule has 102 valence electrons. The molecule has 2 nitrogen and oxygen atoms in total. The van der Waals surface area contributed by atoms with Crippen LogP contribution in [0.4, 0.5) is 8.78 Å². The van der Waals surface area contributed by atoms with Crippen molar-refractivity contribution in [3.63, 3.8) is 0 Å². The van der Waals surface area contributed by atoms with E-state index in [1.165, 1.54) is 12.1 Å². The quantitative estimate of drug-likeness (QED) is 0.719. The van der Waals surface area contributed by atoms with Crippen molar-refractivity contribution in [2.45, 2.75) is 20.3 Å². The van der Waals surface area contributed by atoms with Crippen LogP contribution in [0.5, 0.6) is 0 Å². The fraction of sp³-hybridized carbons (Fsp3) is 0.571. The molecule has 0 aliphatic carbocycles. The molecule has 0 unspecified atom stereocenters. The fourth-order valence-corrected chi connectivity index (χ4v) is 1.85. The van der Waals surface area contributed by atoms with Crippen molar-refractivity contribution in [1.29, 1.82) is 0 Å². The number of nitrogens with zero attached hydrogens (tertiary/aromatic N) is 1. The third-order valence-electron chi connectivity index (χ3n) is 3.09. The highest BCUT2D eigenvalue weighted by molar-refractivity contribution is 5.18. The Balaban J connectivity index is 2.21. The first-order chi connectivity index (χ1) is 8.67. The number of halogens is 2. The Kier molecular flexibility index (Phi) is 6.83. The van der Waals surface area contributed by atoms with E-state index in [0.29, 0.717) is 18.5 Å². The zero-order valence-electron chi connectivity index (χ0n) is 11.2. The molecule has 1 N–H and O–H groups in total. The largest absolute Gasteiger partial charge is 0.315 e. The minimum absolute atomic E-state index is 0.458. The molecule has 0 fully saturated rings. The molecule has 1 aromatic carbocycles. The average molecular weight is 256 g/mol. The maximum atomic E-state index is 13.3. The molecule has 0 amide bonds. The Bertz CT molecular complexity index is 352. The van der Waals surface area contributed by atoms with Crippen molar-refractivity contribution in [3.8, 4) is 0 Å². The van der Waals surface area contributed by atoms with Crippen molar-refractivity contribution in [2.75, 3.05) is 32.7 Å². The van der Waals surface area contributed by atoms with Crippen LogP contribution in [0.3, 0.4) is 0 Å². The van der Waals surface area contributed by atoms with Gasteiger partial charge in [0, 0.05) is 19.2 Å². The first-order valence-corrected chi connectivity index (χ1v) is 6.54. The van der Waals surface area contributed by atoms with Crippen molar-refractivity contribution in [1.82, 2.24) is 10.2 Å². The van der Waals surface area contributed by atoms with Crippen LogP contribution < -0.4 is 5.32 Å². The molecule has 0 spiro atoms. The Morgan fingerprint density at radius 2 is 1.83 bits per heavy atom. The molecular weight excluding hydrogens is 234 g/mol. The maximum absolute atomic E-state index is 13.3. The van der Waals surface area contributed by atoms with E-state index in [2.05, 4.69) is 24.1 Å². The summed E-state index contributed by atoms with van der Waals surface area (Å²) in [6.45, 7) is 8.97. The van der Waals surface area contributed by atoms with Crippen LogP contribution in [0.15, 0.2) is 18.2 Å². The van der Waals surface area contributed by atoms with Crippen molar-refractivity contribution in [2.24, 2.45) is 0 Å². The van der Waals surface area contributed by atoms with E-state index in [4.69, 9.17) is 0 Å². The molecule has 1 aromatic rings. The Morgan fingerprint density at radius 3 is 2.44 bits per heavy atom. The number of rotatable bonds is 8. The van der Waals surface area contributed by atoms with Gasteiger partial charge < -0.3 is 10.2 Å². The zero-order chi connectivity index (χ0) is 13.4. The fourth-order valence-electron chi connectivity index (χ4n) is 1.85. The molecular formula is C14H22F2N2. The first-order valence-electron chi connectivity index (χ1n) is 6.54. The number of hydrogen-bond donors (Lipinski definition) is 1. The molecule has 0 aliphatic heterocycles. The van der Waals surface area contributed by atoms with Gasteiger partial charge in [-0.05, 0) is 37.7 Å². The van der Waals surface area contributed by atoms with Crippen LogP contribution in [0.2, 0.25) is 0 Å². The minimum Gasteiger partial charge on any atom is -0.315 e. The predicted molar refractivity (Wildman–Crippen MR) is 70.7 cm³/mol. The van der Waals surface area contributed by atoms with Gasteiger partial charge in [0.15, 0.2) is 0 Å². The van der Waals surface area contributed by atoms with Gasteiger partial charge in [0.1, 0.15) is 11.6 Å². The molecule has 0 aliphatic rings. The summed E-state index contributed by atoms with van der Waals surface area (Å²) in [4.78, 5) is 2.32. The number of benzene rings is 1. The van der Waals surface area contributed by atoms with Crippen LogP contribution in [-0.4, -0.2) is 37.6 Å². The lowest BCUT2D eigenvalue weighted by Gasteiger charge is -2.17. The number of likely N-dealkylation sites (N-methyl/N-ethyl adjacent to an activating group) is 1. The molecule has 0 saturated carbocycles. The second-order valence-electron chi connectivity index (χ2n) is 4.26.